The van der Waals surface area contributed by atoms with Gasteiger partial charge in [-0.05, 0) is 69.3 Å². The number of benzene rings is 2. The molecule has 0 radical (unpaired) electrons. The van der Waals surface area contributed by atoms with Crippen LogP contribution in [0.3, 0.4) is 0 Å². The first-order valence-corrected chi connectivity index (χ1v) is 13.2. The van der Waals surface area contributed by atoms with E-state index in [1.165, 1.54) is 5.56 Å². The van der Waals surface area contributed by atoms with Crippen molar-refractivity contribution in [3.05, 3.63) is 71.9 Å². The molecule has 2 amide bonds. The topological polar surface area (TPSA) is 77.2 Å². The fraction of sp³-hybridized carbons (Fsp3) is 0.467. The number of nitrogens with zero attached hydrogens (tertiary/aromatic N) is 1. The Labute approximate surface area is 214 Å². The largest absolute Gasteiger partial charge is 0.361 e. The summed E-state index contributed by atoms with van der Waals surface area (Å²) in [4.78, 5) is 31.8. The molecule has 1 aliphatic rings. The van der Waals surface area contributed by atoms with Crippen LogP contribution in [-0.2, 0) is 21.5 Å². The molecule has 192 valence electrons. The second-order valence-corrected chi connectivity index (χ2v) is 10.9. The predicted molar refractivity (Wildman–Crippen MR) is 146 cm³/mol. The van der Waals surface area contributed by atoms with Gasteiger partial charge in [-0.3, -0.25) is 14.5 Å². The van der Waals surface area contributed by atoms with E-state index in [2.05, 4.69) is 78.8 Å². The second-order valence-electron chi connectivity index (χ2n) is 10.9. The highest BCUT2D eigenvalue weighted by Crippen LogP contribution is 2.41. The number of carbonyl (C=O) groups excluding carboxylic acids is 2. The van der Waals surface area contributed by atoms with Crippen LogP contribution in [0.5, 0.6) is 0 Å². The molecule has 6 nitrogen and oxygen atoms in total. The van der Waals surface area contributed by atoms with Gasteiger partial charge in [-0.15, -0.1) is 0 Å². The van der Waals surface area contributed by atoms with E-state index in [0.717, 1.165) is 42.1 Å². The van der Waals surface area contributed by atoms with Crippen LogP contribution in [0.4, 0.5) is 0 Å². The van der Waals surface area contributed by atoms with E-state index in [-0.39, 0.29) is 29.8 Å². The van der Waals surface area contributed by atoms with Gasteiger partial charge in [-0.2, -0.15) is 0 Å². The number of amides is 2. The summed E-state index contributed by atoms with van der Waals surface area (Å²) in [6, 6.07) is 18.2. The highest BCUT2D eigenvalue weighted by atomic mass is 16.2. The van der Waals surface area contributed by atoms with Crippen molar-refractivity contribution >= 4 is 22.7 Å². The van der Waals surface area contributed by atoms with Gasteiger partial charge in [0, 0.05) is 28.7 Å². The highest BCUT2D eigenvalue weighted by molar-refractivity contribution is 5.92. The average molecular weight is 489 g/mol. The number of nitrogens with one attached hydrogen (secondary N) is 3. The fourth-order valence-electron chi connectivity index (χ4n) is 5.68. The molecular formula is C30H40N4O2. The lowest BCUT2D eigenvalue weighted by Crippen LogP contribution is -2.53. The van der Waals surface area contributed by atoms with Gasteiger partial charge in [-0.1, -0.05) is 62.4 Å². The second kappa shape index (κ2) is 11.3. The molecule has 36 heavy (non-hydrogen) atoms. The van der Waals surface area contributed by atoms with Crippen molar-refractivity contribution in [3.8, 4) is 0 Å². The number of aromatic nitrogens is 1. The van der Waals surface area contributed by atoms with E-state index in [1.54, 1.807) is 0 Å². The molecule has 3 N–H and O–H groups in total. The van der Waals surface area contributed by atoms with Gasteiger partial charge < -0.3 is 15.6 Å². The number of hydrogen-bond donors (Lipinski definition) is 3. The van der Waals surface area contributed by atoms with Gasteiger partial charge in [0.2, 0.25) is 11.8 Å². The van der Waals surface area contributed by atoms with Gasteiger partial charge in [-0.25, -0.2) is 0 Å². The molecule has 0 aliphatic heterocycles. The number of para-hydroxylation sites is 1. The van der Waals surface area contributed by atoms with Gasteiger partial charge in [0.05, 0.1) is 6.42 Å². The SMILES string of the molecule is CC(C)CC(NC(=O)Cc1c[nH]c2ccccc12)C(=O)NC1CCC(c2ccccc2)(N(C)C)CC1. The van der Waals surface area contributed by atoms with Crippen molar-refractivity contribution < 1.29 is 9.59 Å². The number of aromatic amines is 1. The molecule has 4 rings (SSSR count). The van der Waals surface area contributed by atoms with E-state index in [1.807, 2.05) is 30.5 Å². The third-order valence-electron chi connectivity index (χ3n) is 7.71. The van der Waals surface area contributed by atoms with Crippen molar-refractivity contribution in [2.24, 2.45) is 5.92 Å². The lowest BCUT2D eigenvalue weighted by atomic mass is 9.74. The predicted octanol–water partition coefficient (Wildman–Crippen LogP) is 4.76. The Morgan fingerprint density at radius 1 is 1.03 bits per heavy atom. The van der Waals surface area contributed by atoms with Crippen LogP contribution in [0.25, 0.3) is 10.9 Å². The summed E-state index contributed by atoms with van der Waals surface area (Å²) in [7, 11) is 4.29. The molecule has 6 heteroatoms. The summed E-state index contributed by atoms with van der Waals surface area (Å²) in [5.74, 6) is 0.0953. The molecule has 1 aliphatic carbocycles. The van der Waals surface area contributed by atoms with Gasteiger partial charge in [0.1, 0.15) is 6.04 Å². The monoisotopic (exact) mass is 488 g/mol. The zero-order valence-electron chi connectivity index (χ0n) is 22.0. The van der Waals surface area contributed by atoms with Gasteiger partial charge in [0.25, 0.3) is 0 Å². The minimum Gasteiger partial charge on any atom is -0.361 e. The third-order valence-corrected chi connectivity index (χ3v) is 7.71. The summed E-state index contributed by atoms with van der Waals surface area (Å²) in [5.41, 5.74) is 3.29. The van der Waals surface area contributed by atoms with E-state index >= 15 is 0 Å². The Balaban J connectivity index is 1.38. The maximum atomic E-state index is 13.3. The normalized spacial score (nSPS) is 21.0. The molecule has 1 atom stereocenters. The standard InChI is InChI=1S/C30H40N4O2/c1-21(2)18-27(33-28(35)19-22-20-31-26-13-9-8-12-25(22)26)29(36)32-24-14-16-30(17-15-24,34(3)4)23-10-6-5-7-11-23/h5-13,20-21,24,27,31H,14-19H2,1-4H3,(H,32,36)(H,33,35). The third kappa shape index (κ3) is 5.81. The number of carbonyl (C=O) groups is 2. The summed E-state index contributed by atoms with van der Waals surface area (Å²) in [5, 5.41) is 7.34. The van der Waals surface area contributed by atoms with Crippen molar-refractivity contribution in [1.29, 1.82) is 0 Å². The summed E-state index contributed by atoms with van der Waals surface area (Å²) in [6.45, 7) is 4.16. The zero-order valence-corrected chi connectivity index (χ0v) is 22.0. The van der Waals surface area contributed by atoms with Crippen LogP contribution in [0, 0.1) is 5.92 Å². The Hall–Kier alpha value is -3.12. The molecule has 1 fully saturated rings. The number of rotatable bonds is 9. The van der Waals surface area contributed by atoms with E-state index in [0.29, 0.717) is 12.3 Å². The lowest BCUT2D eigenvalue weighted by molar-refractivity contribution is -0.129. The number of hydrogen-bond acceptors (Lipinski definition) is 3. The van der Waals surface area contributed by atoms with Crippen LogP contribution in [-0.4, -0.2) is 47.9 Å². The van der Waals surface area contributed by atoms with Crippen LogP contribution in [0.2, 0.25) is 0 Å². The molecule has 1 saturated carbocycles. The van der Waals surface area contributed by atoms with Crippen molar-refractivity contribution in [2.45, 2.75) is 70.0 Å². The minimum atomic E-state index is -0.530. The Bertz CT molecular complexity index is 1160. The fourth-order valence-corrected chi connectivity index (χ4v) is 5.68. The van der Waals surface area contributed by atoms with E-state index in [9.17, 15) is 9.59 Å². The Morgan fingerprint density at radius 3 is 2.36 bits per heavy atom. The molecule has 3 aromatic rings. The maximum Gasteiger partial charge on any atom is 0.242 e. The van der Waals surface area contributed by atoms with E-state index < -0.39 is 6.04 Å². The lowest BCUT2D eigenvalue weighted by Gasteiger charge is -2.46. The molecule has 0 spiro atoms. The summed E-state index contributed by atoms with van der Waals surface area (Å²) >= 11 is 0. The smallest absolute Gasteiger partial charge is 0.242 e. The quantitative estimate of drug-likeness (QED) is 0.407. The number of fused-ring (bicyclic) bond motifs is 1. The van der Waals surface area contributed by atoms with Crippen LogP contribution in [0.1, 0.15) is 57.1 Å². The van der Waals surface area contributed by atoms with Crippen LogP contribution >= 0.6 is 0 Å². The minimum absolute atomic E-state index is 0.00658. The van der Waals surface area contributed by atoms with Crippen molar-refractivity contribution in [3.63, 3.8) is 0 Å². The molecule has 1 aromatic heterocycles. The molecule has 1 heterocycles. The van der Waals surface area contributed by atoms with E-state index in [4.69, 9.17) is 0 Å². The average Bonchev–Trinajstić information content (AvgIpc) is 3.27. The number of H-pyrrole nitrogens is 1. The summed E-state index contributed by atoms with van der Waals surface area (Å²) in [6.07, 6.45) is 6.54. The van der Waals surface area contributed by atoms with Gasteiger partial charge >= 0.3 is 0 Å². The molecule has 0 saturated heterocycles. The highest BCUT2D eigenvalue weighted by Gasteiger charge is 2.39. The molecule has 1 unspecified atom stereocenters. The van der Waals surface area contributed by atoms with Crippen LogP contribution < -0.4 is 10.6 Å². The Kier molecular flexibility index (Phi) is 8.14. The van der Waals surface area contributed by atoms with Crippen molar-refractivity contribution in [1.82, 2.24) is 20.5 Å². The molecule has 2 aromatic carbocycles. The molecular weight excluding hydrogens is 448 g/mol. The van der Waals surface area contributed by atoms with Crippen LogP contribution in [0.15, 0.2) is 60.8 Å². The maximum absolute atomic E-state index is 13.3. The van der Waals surface area contributed by atoms with Gasteiger partial charge in [0.15, 0.2) is 0 Å². The molecule has 0 bridgehead atoms. The summed E-state index contributed by atoms with van der Waals surface area (Å²) < 4.78 is 0. The first kappa shape index (κ1) is 26.0. The van der Waals surface area contributed by atoms with Crippen molar-refractivity contribution in [2.75, 3.05) is 14.1 Å². The zero-order chi connectivity index (χ0) is 25.7. The Morgan fingerprint density at radius 2 is 1.69 bits per heavy atom. The first-order chi connectivity index (χ1) is 17.3. The first-order valence-electron chi connectivity index (χ1n) is 13.2.